The lowest BCUT2D eigenvalue weighted by molar-refractivity contribution is -0.0680. The van der Waals surface area contributed by atoms with Crippen LogP contribution in [0.4, 0.5) is 51.3 Å². The molecule has 0 fully saturated rings. The van der Waals surface area contributed by atoms with Crippen molar-refractivity contribution in [3.8, 4) is 5.75 Å². The molecule has 0 saturated carbocycles. The first-order chi connectivity index (χ1) is 15.1. The van der Waals surface area contributed by atoms with E-state index in [-0.39, 0.29) is 28.0 Å². The molecular weight excluding hydrogens is 512 g/mol. The van der Waals surface area contributed by atoms with Crippen LogP contribution in [0.25, 0.3) is 0 Å². The molecule has 182 valence electrons. The maximum Gasteiger partial charge on any atom is 0.439 e. The molecule has 0 aliphatic rings. The third-order valence-corrected chi connectivity index (χ3v) is 5.74. The number of urea groups is 1. The molecule has 0 aromatic heterocycles. The molecule has 33 heavy (non-hydrogen) atoms. The molecule has 2 N–H and O–H groups in total. The molecule has 2 amide bonds. The van der Waals surface area contributed by atoms with Crippen LogP contribution in [0.3, 0.4) is 0 Å². The lowest BCUT2D eigenvalue weighted by Gasteiger charge is -2.16. The van der Waals surface area contributed by atoms with Gasteiger partial charge >= 0.3 is 39.5 Å². The maximum atomic E-state index is 13.0. The number of hydrogen-bond donors (Lipinski definition) is 2. The van der Waals surface area contributed by atoms with Gasteiger partial charge in [0.15, 0.2) is 0 Å². The molecule has 0 unspecified atom stereocenters. The summed E-state index contributed by atoms with van der Waals surface area (Å²) in [4.78, 5) is 11.8. The van der Waals surface area contributed by atoms with Crippen molar-refractivity contribution in [1.82, 2.24) is 0 Å². The van der Waals surface area contributed by atoms with Crippen LogP contribution in [0.5, 0.6) is 5.75 Å². The van der Waals surface area contributed by atoms with Crippen LogP contribution in [0, 0.1) is 0 Å². The van der Waals surface area contributed by atoms with E-state index in [1.807, 2.05) is 0 Å². The van der Waals surface area contributed by atoms with Crippen molar-refractivity contribution in [2.45, 2.75) is 28.3 Å². The minimum Gasteiger partial charge on any atom is -0.378 e. The Kier molecular flexibility index (Phi) is 8.05. The van der Waals surface area contributed by atoms with Crippen molar-refractivity contribution in [1.29, 1.82) is 0 Å². The highest BCUT2D eigenvalue weighted by Crippen LogP contribution is 2.40. The highest BCUT2D eigenvalue weighted by atomic mass is 32.2. The second-order valence-corrected chi connectivity index (χ2v) is 8.83. The smallest absolute Gasteiger partial charge is 0.378 e. The number of alkyl halides is 8. The molecular formula is C17H12F8N2O4S2. The fourth-order valence-electron chi connectivity index (χ4n) is 1.99. The number of carbonyl (C=O) groups is 1. The van der Waals surface area contributed by atoms with Gasteiger partial charge in [0.2, 0.25) is 0 Å². The predicted octanol–water partition coefficient (Wildman–Crippen LogP) is 5.85. The third-order valence-electron chi connectivity index (χ3n) is 3.53. The predicted molar refractivity (Wildman–Crippen MR) is 103 cm³/mol. The summed E-state index contributed by atoms with van der Waals surface area (Å²) in [5, 5.41) is -5.20. The van der Waals surface area contributed by atoms with Gasteiger partial charge < -0.3 is 14.8 Å². The van der Waals surface area contributed by atoms with E-state index in [2.05, 4.69) is 14.8 Å². The number of rotatable bonds is 9. The average molecular weight is 524 g/mol. The van der Waals surface area contributed by atoms with Gasteiger partial charge in [-0.3, -0.25) is 0 Å². The summed E-state index contributed by atoms with van der Waals surface area (Å²) in [6.45, 7) is 0. The average Bonchev–Trinajstić information content (AvgIpc) is 2.70. The van der Waals surface area contributed by atoms with Crippen molar-refractivity contribution >= 4 is 39.3 Å². The molecule has 0 saturated heterocycles. The van der Waals surface area contributed by atoms with Crippen LogP contribution in [-0.4, -0.2) is 37.8 Å². The van der Waals surface area contributed by atoms with Gasteiger partial charge in [0, 0.05) is 16.3 Å². The van der Waals surface area contributed by atoms with Crippen LogP contribution in [0.1, 0.15) is 0 Å². The van der Waals surface area contributed by atoms with Gasteiger partial charge in [0.05, 0.1) is 0 Å². The molecule has 0 aliphatic heterocycles. The number of nitrogens with one attached hydrogen (secondary N) is 2. The second kappa shape index (κ2) is 10.0. The number of anilines is 2. The van der Waals surface area contributed by atoms with E-state index in [9.17, 15) is 48.3 Å². The zero-order valence-corrected chi connectivity index (χ0v) is 17.4. The van der Waals surface area contributed by atoms with E-state index >= 15 is 0 Å². The van der Waals surface area contributed by atoms with Crippen LogP contribution in [-0.2, 0) is 10.1 Å². The SMILES string of the molecule is O=C(Nc1ccc(OS(=O)(=O)C(F)(F)C(F)F)cc1)Nc1ccc(SC(F)(F)C(F)F)cc1. The number of carbonyl (C=O) groups excluding carboxylic acids is 1. The van der Waals surface area contributed by atoms with Gasteiger partial charge in [-0.15, -0.1) is 0 Å². The molecule has 0 atom stereocenters. The zero-order valence-electron chi connectivity index (χ0n) is 15.7. The summed E-state index contributed by atoms with van der Waals surface area (Å²) < 4.78 is 127. The van der Waals surface area contributed by atoms with Crippen molar-refractivity contribution in [3.63, 3.8) is 0 Å². The fraction of sp³-hybridized carbons (Fsp3) is 0.235. The molecule has 0 heterocycles. The van der Waals surface area contributed by atoms with Crippen LogP contribution in [0.2, 0.25) is 0 Å². The van der Waals surface area contributed by atoms with E-state index in [1.165, 1.54) is 0 Å². The first kappa shape index (κ1) is 26.5. The molecule has 0 aliphatic carbocycles. The quantitative estimate of drug-likeness (QED) is 0.244. The lowest BCUT2D eigenvalue weighted by Crippen LogP contribution is -2.39. The minimum absolute atomic E-state index is 0.00150. The van der Waals surface area contributed by atoms with Crippen molar-refractivity contribution in [2.75, 3.05) is 10.6 Å². The van der Waals surface area contributed by atoms with Crippen molar-refractivity contribution < 1.29 is 52.5 Å². The Bertz CT molecular complexity index is 1070. The molecule has 2 aromatic rings. The summed E-state index contributed by atoms with van der Waals surface area (Å²) in [6.07, 6.45) is -8.38. The monoisotopic (exact) mass is 524 g/mol. The Balaban J connectivity index is 1.96. The van der Waals surface area contributed by atoms with E-state index in [0.29, 0.717) is 0 Å². The number of hydrogen-bond acceptors (Lipinski definition) is 5. The summed E-state index contributed by atoms with van der Waals surface area (Å²) in [5.74, 6) is -0.727. The van der Waals surface area contributed by atoms with E-state index < -0.39 is 45.3 Å². The molecule has 0 bridgehead atoms. The van der Waals surface area contributed by atoms with E-state index in [0.717, 1.165) is 48.5 Å². The van der Waals surface area contributed by atoms with E-state index in [1.54, 1.807) is 0 Å². The Hall–Kier alpha value is -2.75. The summed E-state index contributed by atoms with van der Waals surface area (Å²) >= 11 is -0.363. The van der Waals surface area contributed by atoms with Gasteiger partial charge in [-0.1, -0.05) is 0 Å². The standard InChI is InChI=1S/C17H12F8N2O4S2/c18-13(19)16(22,23)32-12-7-3-10(4-8-12)27-15(28)26-9-1-5-11(6-2-9)31-33(29,30)17(24,25)14(20)21/h1-8,13-14H,(H2,26,27,28). The maximum absolute atomic E-state index is 13.0. The van der Waals surface area contributed by atoms with Gasteiger partial charge in [0.25, 0.3) is 0 Å². The molecule has 16 heteroatoms. The highest BCUT2D eigenvalue weighted by molar-refractivity contribution is 8.00. The normalized spacial score (nSPS) is 12.7. The van der Waals surface area contributed by atoms with Crippen LogP contribution in [0.15, 0.2) is 53.4 Å². The molecule has 2 aromatic carbocycles. The van der Waals surface area contributed by atoms with E-state index in [4.69, 9.17) is 0 Å². The van der Waals surface area contributed by atoms with Gasteiger partial charge in [-0.2, -0.15) is 26.0 Å². The van der Waals surface area contributed by atoms with Gasteiger partial charge in [0.1, 0.15) is 5.75 Å². The first-order valence-electron chi connectivity index (χ1n) is 8.37. The Morgan fingerprint density at radius 2 is 1.27 bits per heavy atom. The van der Waals surface area contributed by atoms with Crippen LogP contribution >= 0.6 is 11.8 Å². The summed E-state index contributed by atoms with van der Waals surface area (Å²) in [5.41, 5.74) is 0.0964. The molecule has 2 rings (SSSR count). The van der Waals surface area contributed by atoms with Gasteiger partial charge in [-0.05, 0) is 60.3 Å². The summed E-state index contributed by atoms with van der Waals surface area (Å²) in [7, 11) is -5.98. The highest BCUT2D eigenvalue weighted by Gasteiger charge is 2.56. The molecule has 0 radical (unpaired) electrons. The lowest BCUT2D eigenvalue weighted by atomic mass is 10.3. The Morgan fingerprint density at radius 3 is 1.70 bits per heavy atom. The Labute approximate surface area is 185 Å². The molecule has 6 nitrogen and oxygen atoms in total. The second-order valence-electron chi connectivity index (χ2n) is 5.99. The van der Waals surface area contributed by atoms with Crippen molar-refractivity contribution in [3.05, 3.63) is 48.5 Å². The number of benzene rings is 2. The van der Waals surface area contributed by atoms with Crippen LogP contribution < -0.4 is 14.8 Å². The van der Waals surface area contributed by atoms with Gasteiger partial charge in [-0.25, -0.2) is 22.4 Å². The fourth-order valence-corrected chi connectivity index (χ4v) is 3.36. The number of halogens is 8. The summed E-state index contributed by atoms with van der Waals surface area (Å²) in [6, 6.07) is 7.22. The Morgan fingerprint density at radius 1 is 0.818 bits per heavy atom. The minimum atomic E-state index is -5.98. The molecule has 0 spiro atoms. The topological polar surface area (TPSA) is 84.5 Å². The first-order valence-corrected chi connectivity index (χ1v) is 10.6. The number of thioether (sulfide) groups is 1. The van der Waals surface area contributed by atoms with Crippen molar-refractivity contribution in [2.24, 2.45) is 0 Å². The largest absolute Gasteiger partial charge is 0.439 e. The zero-order chi connectivity index (χ0) is 25.0. The number of amides is 2. The third kappa shape index (κ3) is 6.86.